The van der Waals surface area contributed by atoms with E-state index in [1.807, 2.05) is 41.4 Å². The van der Waals surface area contributed by atoms with Crippen LogP contribution in [0.5, 0.6) is 17.2 Å². The molecule has 0 atom stereocenters. The highest BCUT2D eigenvalue weighted by Gasteiger charge is 2.56. The molecule has 6 aromatic rings. The molecule has 1 spiro atoms. The molecule has 1 amide bonds. The number of ether oxygens (including phenoxy) is 3. The molecule has 0 fully saturated rings. The van der Waals surface area contributed by atoms with E-state index in [4.69, 9.17) is 18.6 Å². The summed E-state index contributed by atoms with van der Waals surface area (Å²) in [5.41, 5.74) is 5.49. The van der Waals surface area contributed by atoms with E-state index in [0.717, 1.165) is 71.1 Å². The number of benzene rings is 4. The van der Waals surface area contributed by atoms with Gasteiger partial charge in [0.1, 0.15) is 34.1 Å². The summed E-state index contributed by atoms with van der Waals surface area (Å²) in [4.78, 5) is 32.7. The standard InChI is InChI=1S/C45H48N6O6/c1-5-48(6-2)33-16-19-38-41(26-33)56-42-27-34(49(7-3)8-4)17-20-39(42)45(38)37-13-10-9-12-36(37)44(53)51(45)23-25-54-30-32-29-50(47-46-32)22-11-24-55-35-18-14-31-15-21-43(52)57-40(31)28-35/h9-10,12-21,26-29H,5-8,11,22-25,30H2,1-4H3. The number of hydrogen-bond acceptors (Lipinski definition) is 10. The molecule has 0 N–H and O–H groups in total. The molecular weight excluding hydrogens is 721 g/mol. The average molecular weight is 769 g/mol. The highest BCUT2D eigenvalue weighted by molar-refractivity contribution is 6.02. The Balaban J connectivity index is 0.999. The van der Waals surface area contributed by atoms with Crippen molar-refractivity contribution in [2.24, 2.45) is 0 Å². The van der Waals surface area contributed by atoms with Crippen LogP contribution in [-0.4, -0.2) is 71.7 Å². The first-order valence-electron chi connectivity index (χ1n) is 19.9. The van der Waals surface area contributed by atoms with Crippen molar-refractivity contribution in [3.05, 3.63) is 136 Å². The number of aromatic nitrogens is 3. The summed E-state index contributed by atoms with van der Waals surface area (Å²) >= 11 is 0. The third-order valence-electron chi connectivity index (χ3n) is 11.1. The molecule has 0 bridgehead atoms. The van der Waals surface area contributed by atoms with Crippen LogP contribution in [-0.2, 0) is 23.4 Å². The summed E-state index contributed by atoms with van der Waals surface area (Å²) in [6, 6.07) is 29.3. The van der Waals surface area contributed by atoms with Crippen LogP contribution in [0.3, 0.4) is 0 Å². The van der Waals surface area contributed by atoms with Gasteiger partial charge in [0.25, 0.3) is 5.91 Å². The molecule has 57 heavy (non-hydrogen) atoms. The Kier molecular flexibility index (Phi) is 10.7. The Morgan fingerprint density at radius 2 is 1.42 bits per heavy atom. The molecule has 2 aliphatic heterocycles. The Hall–Kier alpha value is -6.14. The summed E-state index contributed by atoms with van der Waals surface area (Å²) in [5, 5.41) is 9.45. The number of carbonyl (C=O) groups is 1. The van der Waals surface area contributed by atoms with Gasteiger partial charge in [-0.3, -0.25) is 9.48 Å². The molecular formula is C45H48N6O6. The van der Waals surface area contributed by atoms with Gasteiger partial charge in [-0.25, -0.2) is 4.79 Å². The molecule has 4 aromatic carbocycles. The maximum atomic E-state index is 14.5. The van der Waals surface area contributed by atoms with E-state index < -0.39 is 11.2 Å². The van der Waals surface area contributed by atoms with E-state index in [2.05, 4.69) is 90.3 Å². The molecule has 12 heteroatoms. The molecule has 0 radical (unpaired) electrons. The van der Waals surface area contributed by atoms with Gasteiger partial charge in [-0.15, -0.1) is 5.10 Å². The Bertz CT molecular complexity index is 2390. The van der Waals surface area contributed by atoms with Crippen molar-refractivity contribution in [3.63, 3.8) is 0 Å². The van der Waals surface area contributed by atoms with Crippen LogP contribution in [0.2, 0.25) is 0 Å². The third-order valence-corrected chi connectivity index (χ3v) is 11.1. The normalized spacial score (nSPS) is 13.7. The topological polar surface area (TPSA) is 115 Å². The second-order valence-electron chi connectivity index (χ2n) is 14.2. The van der Waals surface area contributed by atoms with Crippen LogP contribution in [0, 0.1) is 0 Å². The maximum absolute atomic E-state index is 14.5. The van der Waals surface area contributed by atoms with Crippen LogP contribution in [0.15, 0.2) is 106 Å². The number of amides is 1. The van der Waals surface area contributed by atoms with E-state index in [-0.39, 0.29) is 19.1 Å². The van der Waals surface area contributed by atoms with Crippen LogP contribution >= 0.6 is 0 Å². The summed E-state index contributed by atoms with van der Waals surface area (Å²) in [5.74, 6) is 2.07. The minimum Gasteiger partial charge on any atom is -0.493 e. The lowest BCUT2D eigenvalue weighted by Gasteiger charge is -2.44. The molecule has 0 saturated carbocycles. The number of carbonyl (C=O) groups excluding carboxylic acids is 1. The lowest BCUT2D eigenvalue weighted by Crippen LogP contribution is -2.48. The molecule has 4 heterocycles. The van der Waals surface area contributed by atoms with Gasteiger partial charge >= 0.3 is 5.63 Å². The molecule has 294 valence electrons. The van der Waals surface area contributed by atoms with Crippen molar-refractivity contribution in [1.29, 1.82) is 0 Å². The smallest absolute Gasteiger partial charge is 0.336 e. The van der Waals surface area contributed by atoms with E-state index >= 15 is 0 Å². The summed E-state index contributed by atoms with van der Waals surface area (Å²) in [6.45, 7) is 14.0. The number of aryl methyl sites for hydroxylation is 1. The summed E-state index contributed by atoms with van der Waals surface area (Å²) < 4.78 is 26.0. The van der Waals surface area contributed by atoms with Gasteiger partial charge in [0.2, 0.25) is 0 Å². The van der Waals surface area contributed by atoms with Crippen molar-refractivity contribution in [2.45, 2.75) is 52.8 Å². The van der Waals surface area contributed by atoms with Crippen LogP contribution in [0.4, 0.5) is 11.4 Å². The van der Waals surface area contributed by atoms with E-state index in [0.29, 0.717) is 48.7 Å². The molecule has 0 saturated heterocycles. The van der Waals surface area contributed by atoms with Gasteiger partial charge in [-0.05, 0) is 69.7 Å². The monoisotopic (exact) mass is 768 g/mol. The fourth-order valence-electron chi connectivity index (χ4n) is 8.30. The number of fused-ring (bicyclic) bond motifs is 7. The summed E-state index contributed by atoms with van der Waals surface area (Å²) in [7, 11) is 0. The van der Waals surface area contributed by atoms with Gasteiger partial charge in [0.15, 0.2) is 0 Å². The average Bonchev–Trinajstić information content (AvgIpc) is 3.78. The zero-order valence-electron chi connectivity index (χ0n) is 32.9. The van der Waals surface area contributed by atoms with E-state index in [1.54, 1.807) is 16.8 Å². The first-order chi connectivity index (χ1) is 27.9. The quantitative estimate of drug-likeness (QED) is 0.0720. The highest BCUT2D eigenvalue weighted by atomic mass is 16.5. The maximum Gasteiger partial charge on any atom is 0.336 e. The van der Waals surface area contributed by atoms with E-state index in [9.17, 15) is 9.59 Å². The number of hydrogen-bond donors (Lipinski definition) is 0. The van der Waals surface area contributed by atoms with Crippen molar-refractivity contribution in [1.82, 2.24) is 19.9 Å². The van der Waals surface area contributed by atoms with E-state index in [1.165, 1.54) is 6.07 Å². The van der Waals surface area contributed by atoms with Crippen molar-refractivity contribution in [2.75, 3.05) is 55.7 Å². The minimum atomic E-state index is -0.921. The largest absolute Gasteiger partial charge is 0.493 e. The third kappa shape index (κ3) is 6.99. The Labute approximate surface area is 332 Å². The van der Waals surface area contributed by atoms with Gasteiger partial charge in [0.05, 0.1) is 26.0 Å². The van der Waals surface area contributed by atoms with Crippen molar-refractivity contribution < 1.29 is 23.4 Å². The zero-order valence-corrected chi connectivity index (χ0v) is 32.9. The SMILES string of the molecule is CCN(CC)c1ccc2c(c1)Oc1cc(N(CC)CC)ccc1C21c2ccccc2C(=O)N1CCOCc1cn(CCCOc2ccc3ccc(=O)oc3c2)nn1. The number of rotatable bonds is 16. The first-order valence-corrected chi connectivity index (χ1v) is 19.9. The number of anilines is 2. The lowest BCUT2D eigenvalue weighted by atomic mass is 9.74. The Morgan fingerprint density at radius 3 is 2.12 bits per heavy atom. The molecule has 12 nitrogen and oxygen atoms in total. The van der Waals surface area contributed by atoms with Gasteiger partial charge in [-0.2, -0.15) is 0 Å². The van der Waals surface area contributed by atoms with Gasteiger partial charge < -0.3 is 33.3 Å². The lowest BCUT2D eigenvalue weighted by molar-refractivity contribution is 0.0481. The molecule has 2 aromatic heterocycles. The number of nitrogens with zero attached hydrogens (tertiary/aromatic N) is 6. The first kappa shape index (κ1) is 37.8. The second-order valence-corrected chi connectivity index (χ2v) is 14.2. The highest BCUT2D eigenvalue weighted by Crippen LogP contribution is 2.58. The fraction of sp³-hybridized carbons (Fsp3) is 0.333. The van der Waals surface area contributed by atoms with Crippen LogP contribution in [0.25, 0.3) is 11.0 Å². The molecule has 0 unspecified atom stereocenters. The predicted octanol–water partition coefficient (Wildman–Crippen LogP) is 7.62. The van der Waals surface area contributed by atoms with Crippen molar-refractivity contribution in [3.8, 4) is 17.2 Å². The zero-order chi connectivity index (χ0) is 39.5. The Morgan fingerprint density at radius 1 is 0.737 bits per heavy atom. The summed E-state index contributed by atoms with van der Waals surface area (Å²) in [6.07, 6.45) is 2.56. The fourth-order valence-corrected chi connectivity index (χ4v) is 8.30. The molecule has 8 rings (SSSR count). The molecule has 2 aliphatic rings. The van der Waals surface area contributed by atoms with Crippen LogP contribution in [0.1, 0.15) is 66.9 Å². The minimum absolute atomic E-state index is 0.0463. The van der Waals surface area contributed by atoms with Gasteiger partial charge in [0, 0.05) is 103 Å². The van der Waals surface area contributed by atoms with Crippen molar-refractivity contribution >= 4 is 28.3 Å². The predicted molar refractivity (Wildman–Crippen MR) is 220 cm³/mol. The van der Waals surface area contributed by atoms with Crippen LogP contribution < -0.4 is 24.9 Å². The van der Waals surface area contributed by atoms with Gasteiger partial charge in [-0.1, -0.05) is 35.5 Å². The second kappa shape index (κ2) is 16.1. The molecule has 0 aliphatic carbocycles.